The summed E-state index contributed by atoms with van der Waals surface area (Å²) in [6.07, 6.45) is 10.4. The number of nitrogens with one attached hydrogen (secondary N) is 1. The number of esters is 1. The Morgan fingerprint density at radius 1 is 1.10 bits per heavy atom. The van der Waals surface area contributed by atoms with Crippen molar-refractivity contribution in [3.63, 3.8) is 0 Å². The first-order valence-corrected chi connectivity index (χ1v) is 12.5. The monoisotopic (exact) mass is 466 g/mol. The van der Waals surface area contributed by atoms with Gasteiger partial charge in [0.15, 0.2) is 0 Å². The highest BCUT2D eigenvalue weighted by molar-refractivity contribution is 7.89. The first-order valence-electron chi connectivity index (χ1n) is 10.6. The summed E-state index contributed by atoms with van der Waals surface area (Å²) in [5, 5.41) is 0.500. The molecule has 1 atom stereocenters. The average molecular weight is 467 g/mol. The van der Waals surface area contributed by atoms with E-state index in [2.05, 4.69) is 15.8 Å². The van der Waals surface area contributed by atoms with Crippen LogP contribution in [0.25, 0.3) is 0 Å². The van der Waals surface area contributed by atoms with E-state index in [9.17, 15) is 13.2 Å². The second-order valence-corrected chi connectivity index (χ2v) is 9.79. The molecule has 6 nitrogen and oxygen atoms in total. The Bertz CT molecular complexity index is 890. The number of nitrogens with zero attached hydrogens (tertiary/aromatic N) is 1. The summed E-state index contributed by atoms with van der Waals surface area (Å²) < 4.78 is 32.0. The van der Waals surface area contributed by atoms with Crippen LogP contribution in [-0.4, -0.2) is 33.0 Å². The molecule has 0 saturated carbocycles. The molecule has 8 heteroatoms. The topological polar surface area (TPSA) is 85.4 Å². The summed E-state index contributed by atoms with van der Waals surface area (Å²) >= 11 is 5.82. The van der Waals surface area contributed by atoms with Crippen LogP contribution in [0.3, 0.4) is 0 Å². The van der Waals surface area contributed by atoms with E-state index < -0.39 is 10.0 Å². The van der Waals surface area contributed by atoms with Gasteiger partial charge in [0.05, 0.1) is 12.0 Å². The van der Waals surface area contributed by atoms with Gasteiger partial charge in [-0.25, -0.2) is 13.1 Å². The Morgan fingerprint density at radius 2 is 1.84 bits per heavy atom. The number of benzene rings is 1. The fraction of sp³-hybridized carbons (Fsp3) is 0.478. The highest BCUT2D eigenvalue weighted by Crippen LogP contribution is 2.22. The molecular formula is C23H31ClN2O4S. The van der Waals surface area contributed by atoms with Crippen LogP contribution in [0, 0.1) is 5.92 Å². The molecule has 1 aromatic heterocycles. The zero-order valence-corrected chi connectivity index (χ0v) is 19.5. The fourth-order valence-electron chi connectivity index (χ4n) is 3.46. The molecular weight excluding hydrogens is 436 g/mol. The minimum absolute atomic E-state index is 0.187. The predicted octanol–water partition coefficient (Wildman–Crippen LogP) is 4.78. The lowest BCUT2D eigenvalue weighted by molar-refractivity contribution is -0.141. The molecule has 2 rings (SSSR count). The summed E-state index contributed by atoms with van der Waals surface area (Å²) in [7, 11) is -2.11. The number of methoxy groups -OCH3 is 1. The van der Waals surface area contributed by atoms with Crippen LogP contribution < -0.4 is 4.72 Å². The third-order valence-electron chi connectivity index (χ3n) is 5.24. The molecule has 31 heavy (non-hydrogen) atoms. The maximum atomic E-state index is 12.3. The maximum Gasteiger partial charge on any atom is 0.305 e. The Labute approximate surface area is 190 Å². The fourth-order valence-corrected chi connectivity index (χ4v) is 4.66. The number of ether oxygens (including phenoxy) is 1. The second-order valence-electron chi connectivity index (χ2n) is 7.58. The number of halogens is 1. The molecule has 0 amide bonds. The molecule has 1 N–H and O–H groups in total. The van der Waals surface area contributed by atoms with Crippen molar-refractivity contribution >= 4 is 27.6 Å². The summed E-state index contributed by atoms with van der Waals surface area (Å²) in [6.45, 7) is 0.379. The van der Waals surface area contributed by atoms with Gasteiger partial charge < -0.3 is 4.74 Å². The Balaban J connectivity index is 1.74. The van der Waals surface area contributed by atoms with Crippen LogP contribution in [0.4, 0.5) is 0 Å². The zero-order chi connectivity index (χ0) is 22.5. The van der Waals surface area contributed by atoms with E-state index in [4.69, 9.17) is 16.3 Å². The van der Waals surface area contributed by atoms with Gasteiger partial charge in [0.25, 0.3) is 0 Å². The van der Waals surface area contributed by atoms with E-state index in [-0.39, 0.29) is 10.9 Å². The lowest BCUT2D eigenvalue weighted by Crippen LogP contribution is -2.24. The van der Waals surface area contributed by atoms with E-state index in [1.54, 1.807) is 18.3 Å². The summed E-state index contributed by atoms with van der Waals surface area (Å²) in [4.78, 5) is 15.9. The molecule has 0 bridgehead atoms. The van der Waals surface area contributed by atoms with Crippen LogP contribution in [0.1, 0.15) is 50.5 Å². The van der Waals surface area contributed by atoms with Crippen LogP contribution in [0.5, 0.6) is 0 Å². The van der Waals surface area contributed by atoms with Gasteiger partial charge in [0, 0.05) is 30.4 Å². The van der Waals surface area contributed by atoms with Gasteiger partial charge in [0.1, 0.15) is 0 Å². The van der Waals surface area contributed by atoms with Gasteiger partial charge >= 0.3 is 5.97 Å². The molecule has 0 aliphatic rings. The largest absolute Gasteiger partial charge is 0.469 e. The highest BCUT2D eigenvalue weighted by Gasteiger charge is 2.14. The average Bonchev–Trinajstić information content (AvgIpc) is 2.77. The number of sulfonamides is 1. The first kappa shape index (κ1) is 25.3. The Morgan fingerprint density at radius 3 is 2.52 bits per heavy atom. The van der Waals surface area contributed by atoms with E-state index in [1.807, 2.05) is 12.3 Å². The highest BCUT2D eigenvalue weighted by atomic mass is 35.5. The Hall–Kier alpha value is -1.96. The Kier molecular flexibility index (Phi) is 11.0. The van der Waals surface area contributed by atoms with Crippen molar-refractivity contribution in [3.05, 3.63) is 59.4 Å². The van der Waals surface area contributed by atoms with Crippen LogP contribution in [-0.2, 0) is 26.0 Å². The molecule has 0 unspecified atom stereocenters. The third-order valence-corrected chi connectivity index (χ3v) is 6.97. The number of carbonyl (C=O) groups is 1. The molecule has 1 aromatic carbocycles. The van der Waals surface area contributed by atoms with E-state index in [1.165, 1.54) is 24.8 Å². The molecule has 1 heterocycles. The van der Waals surface area contributed by atoms with Crippen LogP contribution >= 0.6 is 11.6 Å². The number of aromatic nitrogens is 1. The first-order chi connectivity index (χ1) is 14.9. The van der Waals surface area contributed by atoms with Crippen molar-refractivity contribution in [2.45, 2.75) is 56.3 Å². The number of hydrogen-bond acceptors (Lipinski definition) is 5. The quantitative estimate of drug-likeness (QED) is 0.320. The summed E-state index contributed by atoms with van der Waals surface area (Å²) in [5.74, 6) is 0.219. The van der Waals surface area contributed by atoms with Crippen molar-refractivity contribution in [1.82, 2.24) is 9.71 Å². The van der Waals surface area contributed by atoms with Crippen molar-refractivity contribution in [3.8, 4) is 0 Å². The molecule has 0 radical (unpaired) electrons. The molecule has 0 saturated heterocycles. The molecule has 0 fully saturated rings. The third kappa shape index (κ3) is 9.80. The molecule has 0 aliphatic heterocycles. The van der Waals surface area contributed by atoms with E-state index >= 15 is 0 Å². The van der Waals surface area contributed by atoms with Gasteiger partial charge in [-0.05, 0) is 67.5 Å². The van der Waals surface area contributed by atoms with Gasteiger partial charge in [-0.2, -0.15) is 0 Å². The molecule has 170 valence electrons. The minimum atomic E-state index is -3.52. The van der Waals surface area contributed by atoms with Crippen molar-refractivity contribution in [2.75, 3.05) is 13.7 Å². The number of rotatable bonds is 14. The van der Waals surface area contributed by atoms with Gasteiger partial charge in [-0.1, -0.05) is 36.9 Å². The van der Waals surface area contributed by atoms with Crippen LogP contribution in [0.15, 0.2) is 53.7 Å². The normalized spacial score (nSPS) is 12.5. The maximum absolute atomic E-state index is 12.3. The summed E-state index contributed by atoms with van der Waals surface area (Å²) in [5.41, 5.74) is 1.21. The second kappa shape index (κ2) is 13.5. The predicted molar refractivity (Wildman–Crippen MR) is 122 cm³/mol. The standard InChI is InChI=1S/C23H31ClN2O4S/c1-30-23(27)15-10-19(7-4-8-20-9-5-16-25-18-20)6-2-3-17-26-31(28,29)22-13-11-21(24)12-14-22/h5,9,11-14,16,18-19,26H,2-4,6-8,10,15,17H2,1H3/t19-/m1/s1. The number of aryl methyl sites for hydroxylation is 1. The number of hydrogen-bond donors (Lipinski definition) is 1. The van der Waals surface area contributed by atoms with E-state index in [0.29, 0.717) is 23.9 Å². The van der Waals surface area contributed by atoms with Gasteiger partial charge in [-0.15, -0.1) is 0 Å². The smallest absolute Gasteiger partial charge is 0.305 e. The van der Waals surface area contributed by atoms with Crippen molar-refractivity contribution in [1.29, 1.82) is 0 Å². The number of carbonyl (C=O) groups excluding carboxylic acids is 1. The van der Waals surface area contributed by atoms with E-state index in [0.717, 1.165) is 44.9 Å². The van der Waals surface area contributed by atoms with Crippen molar-refractivity contribution < 1.29 is 17.9 Å². The zero-order valence-electron chi connectivity index (χ0n) is 17.9. The van der Waals surface area contributed by atoms with Gasteiger partial charge in [0.2, 0.25) is 10.0 Å². The lowest BCUT2D eigenvalue weighted by atomic mass is 9.91. The molecule has 0 spiro atoms. The number of pyridine rings is 1. The molecule has 2 aromatic rings. The number of unbranched alkanes of at least 4 members (excludes halogenated alkanes) is 1. The van der Waals surface area contributed by atoms with Gasteiger partial charge in [-0.3, -0.25) is 9.78 Å². The van der Waals surface area contributed by atoms with Crippen molar-refractivity contribution in [2.24, 2.45) is 5.92 Å². The lowest BCUT2D eigenvalue weighted by Gasteiger charge is -2.16. The SMILES string of the molecule is COC(=O)CC[C@H](CCCCNS(=O)(=O)c1ccc(Cl)cc1)CCCc1cccnc1. The summed E-state index contributed by atoms with van der Waals surface area (Å²) in [6, 6.07) is 10.1. The van der Waals surface area contributed by atoms with Crippen LogP contribution in [0.2, 0.25) is 5.02 Å². The molecule has 0 aliphatic carbocycles. The minimum Gasteiger partial charge on any atom is -0.469 e.